The first-order valence-electron chi connectivity index (χ1n) is 12.2. The molecule has 8 nitrogen and oxygen atoms in total. The predicted molar refractivity (Wildman–Crippen MR) is 128 cm³/mol. The molecule has 5 rings (SSSR count). The minimum absolute atomic E-state index is 0.00417. The number of ether oxygens (including phenoxy) is 1. The lowest BCUT2D eigenvalue weighted by molar-refractivity contribution is -0.132. The van der Waals surface area contributed by atoms with Crippen LogP contribution >= 0.6 is 0 Å². The molecule has 1 aromatic rings. The summed E-state index contributed by atoms with van der Waals surface area (Å²) in [7, 11) is 4.12. The van der Waals surface area contributed by atoms with Gasteiger partial charge in [-0.2, -0.15) is 5.01 Å². The summed E-state index contributed by atoms with van der Waals surface area (Å²) in [5.74, 6) is 0.654. The summed E-state index contributed by atoms with van der Waals surface area (Å²) >= 11 is 0. The van der Waals surface area contributed by atoms with Gasteiger partial charge in [-0.05, 0) is 38.1 Å². The topological polar surface area (TPSA) is 40.7 Å². The first kappa shape index (κ1) is 22.9. The van der Waals surface area contributed by atoms with Gasteiger partial charge in [0.15, 0.2) is 5.83 Å². The van der Waals surface area contributed by atoms with E-state index in [1.54, 1.807) is 0 Å². The summed E-state index contributed by atoms with van der Waals surface area (Å²) in [5.41, 5.74) is 3.70. The number of anilines is 1. The van der Waals surface area contributed by atoms with Crippen LogP contribution in [0.2, 0.25) is 0 Å². The van der Waals surface area contributed by atoms with Crippen molar-refractivity contribution in [3.05, 3.63) is 41.0 Å². The highest BCUT2D eigenvalue weighted by molar-refractivity contribution is 5.56. The van der Waals surface area contributed by atoms with Gasteiger partial charge in [-0.3, -0.25) is 9.80 Å². The summed E-state index contributed by atoms with van der Waals surface area (Å²) in [6.45, 7) is 12.6. The highest BCUT2D eigenvalue weighted by Gasteiger charge is 2.48. The average molecular weight is 460 g/mol. The standard InChI is InChI=1S/C24H38FN7O/c1-18-6-5-7-20(19(18)2)31-12-13-32(31)23-21(25)22(29-14-16-33-17-15-29)27(3)24(28(23)4)30-10-8-26-9-11-30/h5-7,23-24,26H,8-17H2,1-4H3. The maximum Gasteiger partial charge on any atom is 0.174 e. The van der Waals surface area contributed by atoms with Gasteiger partial charge in [0, 0.05) is 59.4 Å². The third-order valence-corrected chi connectivity index (χ3v) is 7.65. The molecule has 0 aromatic heterocycles. The Morgan fingerprint density at radius 2 is 1.70 bits per heavy atom. The number of hydrogen-bond acceptors (Lipinski definition) is 8. The lowest BCUT2D eigenvalue weighted by atomic mass is 10.1. The Balaban J connectivity index is 1.52. The van der Waals surface area contributed by atoms with Crippen molar-refractivity contribution < 1.29 is 9.13 Å². The van der Waals surface area contributed by atoms with Crippen LogP contribution in [0, 0.1) is 13.8 Å². The number of morpholine rings is 1. The maximum atomic E-state index is 16.5. The largest absolute Gasteiger partial charge is 0.378 e. The first-order valence-corrected chi connectivity index (χ1v) is 12.2. The van der Waals surface area contributed by atoms with E-state index >= 15 is 4.39 Å². The Morgan fingerprint density at radius 3 is 2.36 bits per heavy atom. The van der Waals surface area contributed by atoms with Gasteiger partial charge in [-0.1, -0.05) is 12.1 Å². The fourth-order valence-corrected chi connectivity index (χ4v) is 5.72. The van der Waals surface area contributed by atoms with E-state index in [1.165, 1.54) is 16.8 Å². The Bertz CT molecular complexity index is 884. The summed E-state index contributed by atoms with van der Waals surface area (Å²) < 4.78 is 22.1. The minimum atomic E-state index is -0.437. The molecule has 2 atom stereocenters. The second kappa shape index (κ2) is 9.38. The first-order chi connectivity index (χ1) is 16.0. The lowest BCUT2D eigenvalue weighted by Crippen LogP contribution is -2.73. The molecule has 3 saturated heterocycles. The van der Waals surface area contributed by atoms with E-state index < -0.39 is 6.17 Å². The van der Waals surface area contributed by atoms with E-state index in [-0.39, 0.29) is 12.1 Å². The number of halogens is 1. The molecule has 0 bridgehead atoms. The highest BCUT2D eigenvalue weighted by atomic mass is 19.1. The molecule has 182 valence electrons. The molecule has 9 heteroatoms. The average Bonchev–Trinajstić information content (AvgIpc) is 2.80. The van der Waals surface area contributed by atoms with Crippen molar-refractivity contribution in [2.24, 2.45) is 0 Å². The number of rotatable bonds is 4. The normalized spacial score (nSPS) is 28.5. The van der Waals surface area contributed by atoms with Gasteiger partial charge >= 0.3 is 0 Å². The summed E-state index contributed by atoms with van der Waals surface area (Å²) in [4.78, 5) is 9.00. The number of likely N-dealkylation sites (N-methyl/N-ethyl adjacent to an activating group) is 1. The van der Waals surface area contributed by atoms with E-state index in [0.29, 0.717) is 13.2 Å². The third kappa shape index (κ3) is 4.00. The summed E-state index contributed by atoms with van der Waals surface area (Å²) in [5, 5.41) is 7.92. The Morgan fingerprint density at radius 1 is 0.970 bits per heavy atom. The number of hydrogen-bond donors (Lipinski definition) is 1. The second-order valence-electron chi connectivity index (χ2n) is 9.56. The van der Waals surface area contributed by atoms with Gasteiger partial charge in [0.25, 0.3) is 0 Å². The Hall–Kier alpha value is -1.91. The molecule has 0 amide bonds. The van der Waals surface area contributed by atoms with E-state index in [1.807, 2.05) is 7.05 Å². The number of nitrogens with zero attached hydrogens (tertiary/aromatic N) is 6. The van der Waals surface area contributed by atoms with Crippen molar-refractivity contribution in [2.75, 3.05) is 84.7 Å². The molecular weight excluding hydrogens is 421 g/mol. The maximum absolute atomic E-state index is 16.5. The van der Waals surface area contributed by atoms with Crippen molar-refractivity contribution in [3.63, 3.8) is 0 Å². The number of piperazine rings is 1. The number of hydrazine groups is 1. The summed E-state index contributed by atoms with van der Waals surface area (Å²) in [6.07, 6.45) is -0.442. The molecule has 0 aliphatic carbocycles. The quantitative estimate of drug-likeness (QED) is 0.721. The van der Waals surface area contributed by atoms with Crippen molar-refractivity contribution in [1.82, 2.24) is 29.9 Å². The molecule has 0 saturated carbocycles. The molecule has 2 unspecified atom stereocenters. The summed E-state index contributed by atoms with van der Waals surface area (Å²) in [6, 6.07) is 6.39. The van der Waals surface area contributed by atoms with Crippen LogP contribution in [0.4, 0.5) is 10.1 Å². The van der Waals surface area contributed by atoms with Gasteiger partial charge in [-0.15, -0.1) is 0 Å². The van der Waals surface area contributed by atoms with Crippen LogP contribution < -0.4 is 10.3 Å². The second-order valence-corrected chi connectivity index (χ2v) is 9.56. The fourth-order valence-electron chi connectivity index (χ4n) is 5.72. The molecule has 3 fully saturated rings. The number of nitrogens with one attached hydrogen (secondary N) is 1. The molecule has 1 N–H and O–H groups in total. The molecule has 33 heavy (non-hydrogen) atoms. The van der Waals surface area contributed by atoms with Gasteiger partial charge in [0.1, 0.15) is 18.3 Å². The van der Waals surface area contributed by atoms with E-state index in [9.17, 15) is 0 Å². The molecule has 0 radical (unpaired) electrons. The smallest absolute Gasteiger partial charge is 0.174 e. The van der Waals surface area contributed by atoms with Crippen LogP contribution in [0.5, 0.6) is 0 Å². The number of aryl methyl sites for hydroxylation is 1. The third-order valence-electron chi connectivity index (χ3n) is 7.65. The van der Waals surface area contributed by atoms with E-state index in [4.69, 9.17) is 4.74 Å². The molecule has 0 spiro atoms. The predicted octanol–water partition coefficient (Wildman–Crippen LogP) is 1.20. The zero-order valence-electron chi connectivity index (χ0n) is 20.4. The zero-order chi connectivity index (χ0) is 23.1. The molecule has 4 aliphatic heterocycles. The SMILES string of the molecule is Cc1cccc(N2CCN2C2C(F)=C(N3CCOCC3)N(C)C(N3CCNCC3)N2C)c1C. The van der Waals surface area contributed by atoms with Crippen molar-refractivity contribution in [1.29, 1.82) is 0 Å². The molecular formula is C24H38FN7O. The van der Waals surface area contributed by atoms with Crippen LogP contribution in [-0.2, 0) is 4.74 Å². The molecule has 1 aromatic carbocycles. The van der Waals surface area contributed by atoms with Gasteiger partial charge in [0.05, 0.1) is 18.9 Å². The van der Waals surface area contributed by atoms with Crippen LogP contribution in [0.1, 0.15) is 11.1 Å². The Kier molecular flexibility index (Phi) is 6.50. The van der Waals surface area contributed by atoms with Gasteiger partial charge in [0.2, 0.25) is 0 Å². The molecule has 4 aliphatic rings. The Labute approximate surface area is 197 Å². The van der Waals surface area contributed by atoms with Crippen molar-refractivity contribution in [3.8, 4) is 0 Å². The fraction of sp³-hybridized carbons (Fsp3) is 0.667. The van der Waals surface area contributed by atoms with E-state index in [0.717, 1.165) is 58.2 Å². The highest BCUT2D eigenvalue weighted by Crippen LogP contribution is 2.38. The van der Waals surface area contributed by atoms with E-state index in [2.05, 4.69) is 74.0 Å². The minimum Gasteiger partial charge on any atom is -0.378 e. The van der Waals surface area contributed by atoms with Crippen LogP contribution in [0.25, 0.3) is 0 Å². The van der Waals surface area contributed by atoms with Gasteiger partial charge in [-0.25, -0.2) is 4.39 Å². The van der Waals surface area contributed by atoms with Crippen molar-refractivity contribution >= 4 is 5.69 Å². The molecule has 4 heterocycles. The monoisotopic (exact) mass is 459 g/mol. The van der Waals surface area contributed by atoms with Crippen LogP contribution in [0.3, 0.4) is 0 Å². The lowest BCUT2D eigenvalue weighted by Gasteiger charge is -2.58. The van der Waals surface area contributed by atoms with Crippen molar-refractivity contribution in [2.45, 2.75) is 26.3 Å². The van der Waals surface area contributed by atoms with Crippen LogP contribution in [0.15, 0.2) is 29.8 Å². The van der Waals surface area contributed by atoms with Crippen LogP contribution in [-0.4, -0.2) is 117 Å². The van der Waals surface area contributed by atoms with Gasteiger partial charge < -0.3 is 24.9 Å². The zero-order valence-corrected chi connectivity index (χ0v) is 20.4. The number of benzene rings is 1.